The summed E-state index contributed by atoms with van der Waals surface area (Å²) in [6, 6.07) is 11.9. The fourth-order valence-electron chi connectivity index (χ4n) is 7.08. The van der Waals surface area contributed by atoms with E-state index in [1.807, 2.05) is 30.3 Å². The third-order valence-corrected chi connectivity index (χ3v) is 9.66. The fourth-order valence-corrected chi connectivity index (χ4v) is 7.08. The number of ether oxygens (including phenoxy) is 8. The van der Waals surface area contributed by atoms with E-state index in [1.165, 1.54) is 0 Å². The largest absolute Gasteiger partial charge is 0.493 e. The molecule has 3 atom stereocenters. The van der Waals surface area contributed by atoms with Crippen molar-refractivity contribution in [3.63, 3.8) is 0 Å². The number of fused-ring (bicyclic) bond motifs is 2. The Hall–Kier alpha value is -3.98. The first-order valence-electron chi connectivity index (χ1n) is 15.2. The van der Waals surface area contributed by atoms with Gasteiger partial charge in [-0.25, -0.2) is 0 Å². The van der Waals surface area contributed by atoms with Crippen LogP contribution in [0.4, 0.5) is 0 Å². The molecule has 5 rings (SSSR count). The number of benzene rings is 3. The van der Waals surface area contributed by atoms with E-state index < -0.39 is 0 Å². The van der Waals surface area contributed by atoms with E-state index in [1.54, 1.807) is 42.7 Å². The molecule has 3 aromatic rings. The highest BCUT2D eigenvalue weighted by Gasteiger charge is 2.54. The van der Waals surface area contributed by atoms with Gasteiger partial charge >= 0.3 is 0 Å². The highest BCUT2D eigenvalue weighted by Crippen LogP contribution is 2.54. The first kappa shape index (κ1) is 32.4. The summed E-state index contributed by atoms with van der Waals surface area (Å²) in [6.07, 6.45) is 2.46. The molecule has 1 aliphatic heterocycles. The van der Waals surface area contributed by atoms with Gasteiger partial charge in [0.25, 0.3) is 0 Å². The lowest BCUT2D eigenvalue weighted by molar-refractivity contribution is -0.137. The van der Waals surface area contributed by atoms with Crippen LogP contribution in [0.1, 0.15) is 55.9 Å². The maximum Gasteiger partial charge on any atom is 0.203 e. The average molecular weight is 623 g/mol. The van der Waals surface area contributed by atoms with Crippen molar-refractivity contribution >= 4 is 0 Å². The van der Waals surface area contributed by atoms with E-state index in [9.17, 15) is 5.11 Å². The molecule has 0 aromatic heterocycles. The van der Waals surface area contributed by atoms with E-state index in [2.05, 4.69) is 26.8 Å². The molecule has 1 aliphatic carbocycles. The van der Waals surface area contributed by atoms with Crippen LogP contribution in [-0.2, 0) is 19.4 Å². The molecule has 244 valence electrons. The van der Waals surface area contributed by atoms with E-state index in [4.69, 9.17) is 37.9 Å². The third-order valence-electron chi connectivity index (χ3n) is 9.66. The van der Waals surface area contributed by atoms with Crippen molar-refractivity contribution in [3.05, 3.63) is 58.7 Å². The lowest BCUT2D eigenvalue weighted by Crippen LogP contribution is -2.58. The fraction of sp³-hybridized carbons (Fsp3) is 0.500. The van der Waals surface area contributed by atoms with E-state index in [0.717, 1.165) is 40.8 Å². The monoisotopic (exact) mass is 622 g/mol. The second-order valence-electron chi connectivity index (χ2n) is 12.6. The molecular weight excluding hydrogens is 576 g/mol. The highest BCUT2D eigenvalue weighted by molar-refractivity contribution is 5.57. The number of aliphatic hydroxyl groups is 1. The first-order chi connectivity index (χ1) is 21.5. The normalized spacial score (nSPS) is 21.5. The Labute approximate surface area is 266 Å². The molecule has 2 aliphatic rings. The predicted octanol–water partition coefficient (Wildman–Crippen LogP) is 6.40. The average Bonchev–Trinajstić information content (AvgIpc) is 3.04. The topological polar surface area (TPSA) is 94.1 Å². The van der Waals surface area contributed by atoms with Crippen molar-refractivity contribution < 1.29 is 43.0 Å². The zero-order chi connectivity index (χ0) is 32.5. The van der Waals surface area contributed by atoms with Gasteiger partial charge in [-0.05, 0) is 84.2 Å². The van der Waals surface area contributed by atoms with Gasteiger partial charge in [0.05, 0.1) is 48.8 Å². The quantitative estimate of drug-likeness (QED) is 0.261. The summed E-state index contributed by atoms with van der Waals surface area (Å²) >= 11 is 0. The first-order valence-corrected chi connectivity index (χ1v) is 15.2. The van der Waals surface area contributed by atoms with Gasteiger partial charge in [0.2, 0.25) is 11.5 Å². The molecule has 9 nitrogen and oxygen atoms in total. The van der Waals surface area contributed by atoms with Gasteiger partial charge in [-0.3, -0.25) is 0 Å². The minimum atomic E-state index is -0.387. The number of aliphatic hydroxyl groups excluding tert-OH is 1. The van der Waals surface area contributed by atoms with Crippen LogP contribution in [0.15, 0.2) is 36.4 Å². The molecule has 1 heterocycles. The molecular formula is C36H46O9. The number of rotatable bonds is 11. The second-order valence-corrected chi connectivity index (χ2v) is 12.6. The molecule has 9 heteroatoms. The van der Waals surface area contributed by atoms with Gasteiger partial charge in [0, 0.05) is 18.4 Å². The minimum Gasteiger partial charge on any atom is -0.493 e. The summed E-state index contributed by atoms with van der Waals surface area (Å²) in [7, 11) is 9.59. The smallest absolute Gasteiger partial charge is 0.203 e. The standard InChI is InChI=1S/C36H46O9/c1-35(2)31-18-24-17-23(12-21-13-27(38-4)33(42-8)28(14-21)39-5)25(19-26(24)45-36(31,3)11-10-32(35)37)44-20-22-15-29(40-6)34(43-9)30(16-22)41-7/h13-17,19,31-32,37H,10-12,18,20H2,1-9H3/t31-,32-,36-/m1/s1. The van der Waals surface area contributed by atoms with Crippen LogP contribution in [0.3, 0.4) is 0 Å². The molecule has 0 saturated heterocycles. The van der Waals surface area contributed by atoms with Gasteiger partial charge in [-0.2, -0.15) is 0 Å². The van der Waals surface area contributed by atoms with Crippen molar-refractivity contribution in [2.45, 2.75) is 64.8 Å². The maximum atomic E-state index is 10.9. The third kappa shape index (κ3) is 6.02. The van der Waals surface area contributed by atoms with Crippen molar-refractivity contribution in [1.29, 1.82) is 0 Å². The van der Waals surface area contributed by atoms with Crippen molar-refractivity contribution in [3.8, 4) is 46.0 Å². The van der Waals surface area contributed by atoms with Crippen LogP contribution in [0.2, 0.25) is 0 Å². The maximum absolute atomic E-state index is 10.9. The van der Waals surface area contributed by atoms with Crippen molar-refractivity contribution in [2.75, 3.05) is 42.7 Å². The molecule has 0 radical (unpaired) electrons. The molecule has 1 saturated carbocycles. The number of hydrogen-bond acceptors (Lipinski definition) is 9. The summed E-state index contributed by atoms with van der Waals surface area (Å²) < 4.78 is 46.8. The van der Waals surface area contributed by atoms with E-state index >= 15 is 0 Å². The zero-order valence-corrected chi connectivity index (χ0v) is 27.9. The molecule has 3 aromatic carbocycles. The summed E-state index contributed by atoms with van der Waals surface area (Å²) in [4.78, 5) is 0. The zero-order valence-electron chi connectivity index (χ0n) is 27.9. The summed E-state index contributed by atoms with van der Waals surface area (Å²) in [5.41, 5.74) is 3.23. The van der Waals surface area contributed by atoms with Crippen LogP contribution in [0, 0.1) is 11.3 Å². The molecule has 0 amide bonds. The van der Waals surface area contributed by atoms with Gasteiger partial charge in [-0.15, -0.1) is 0 Å². The molecule has 1 N–H and O–H groups in total. The minimum absolute atomic E-state index is 0.154. The summed E-state index contributed by atoms with van der Waals surface area (Å²) in [5.74, 6) is 5.02. The highest BCUT2D eigenvalue weighted by atomic mass is 16.5. The molecule has 0 unspecified atom stereocenters. The van der Waals surface area contributed by atoms with Crippen LogP contribution >= 0.6 is 0 Å². The van der Waals surface area contributed by atoms with E-state index in [-0.39, 0.29) is 29.6 Å². The number of hydrogen-bond donors (Lipinski definition) is 1. The molecule has 45 heavy (non-hydrogen) atoms. The van der Waals surface area contributed by atoms with Gasteiger partial charge in [0.15, 0.2) is 23.0 Å². The van der Waals surface area contributed by atoms with Gasteiger partial charge in [0.1, 0.15) is 23.7 Å². The summed E-state index contributed by atoms with van der Waals surface area (Å²) in [5, 5.41) is 10.9. The Morgan fingerprint density at radius 3 is 1.76 bits per heavy atom. The molecule has 0 spiro atoms. The SMILES string of the molecule is COc1cc(COc2cc3c(cc2Cc2cc(OC)c(OC)c(OC)c2)C[C@@H]2C(C)(C)[C@H](O)CC[C@@]2(C)O3)cc(OC)c1OC. The second kappa shape index (κ2) is 12.8. The Bertz CT molecular complexity index is 1480. The Kier molecular flexibility index (Phi) is 9.21. The predicted molar refractivity (Wildman–Crippen MR) is 171 cm³/mol. The number of methoxy groups -OCH3 is 6. The van der Waals surface area contributed by atoms with Gasteiger partial charge in [-0.1, -0.05) is 13.8 Å². The Morgan fingerprint density at radius 1 is 0.711 bits per heavy atom. The molecule has 1 fully saturated rings. The Morgan fingerprint density at radius 2 is 1.24 bits per heavy atom. The lowest BCUT2D eigenvalue weighted by Gasteiger charge is -2.55. The van der Waals surface area contributed by atoms with Crippen LogP contribution in [0.25, 0.3) is 0 Å². The van der Waals surface area contributed by atoms with E-state index in [0.29, 0.717) is 53.1 Å². The van der Waals surface area contributed by atoms with Crippen molar-refractivity contribution in [2.24, 2.45) is 11.3 Å². The molecule has 0 bridgehead atoms. The van der Waals surface area contributed by atoms with Crippen LogP contribution in [0.5, 0.6) is 46.0 Å². The van der Waals surface area contributed by atoms with Crippen molar-refractivity contribution in [1.82, 2.24) is 0 Å². The summed E-state index contributed by atoms with van der Waals surface area (Å²) in [6.45, 7) is 6.74. The Balaban J connectivity index is 1.56. The van der Waals surface area contributed by atoms with Crippen LogP contribution in [-0.4, -0.2) is 59.5 Å². The van der Waals surface area contributed by atoms with Crippen LogP contribution < -0.4 is 37.9 Å². The lowest BCUT2D eigenvalue weighted by atomic mass is 9.57. The van der Waals surface area contributed by atoms with Gasteiger partial charge < -0.3 is 43.0 Å².